The van der Waals surface area contributed by atoms with Gasteiger partial charge >= 0.3 is 0 Å². The van der Waals surface area contributed by atoms with E-state index in [1.807, 2.05) is 54.2 Å². The summed E-state index contributed by atoms with van der Waals surface area (Å²) in [6.45, 7) is 0.594. The summed E-state index contributed by atoms with van der Waals surface area (Å²) in [5, 5.41) is 11.2. The molecule has 4 aromatic rings. The normalized spacial score (nSPS) is 11.8. The van der Waals surface area contributed by atoms with E-state index in [4.69, 9.17) is 38.8 Å². The molecule has 0 unspecified atom stereocenters. The Kier molecular flexibility index (Phi) is 9.08. The van der Waals surface area contributed by atoms with E-state index in [-0.39, 0.29) is 0 Å². The van der Waals surface area contributed by atoms with Crippen LogP contribution in [0.3, 0.4) is 0 Å². The van der Waals surface area contributed by atoms with Gasteiger partial charge in [0.1, 0.15) is 11.6 Å². The van der Waals surface area contributed by atoms with Crippen molar-refractivity contribution in [2.75, 3.05) is 6.61 Å². The molecule has 0 saturated heterocycles. The van der Waals surface area contributed by atoms with Crippen LogP contribution in [0.15, 0.2) is 88.5 Å². The largest absolute Gasteiger partial charge is 0.494 e. The van der Waals surface area contributed by atoms with Crippen molar-refractivity contribution >= 4 is 41.6 Å². The summed E-state index contributed by atoms with van der Waals surface area (Å²) in [6.07, 6.45) is 9.22. The molecule has 2 N–H and O–H groups in total. The summed E-state index contributed by atoms with van der Waals surface area (Å²) in [5.74, 6) is 6.54. The fraction of sp³-hybridized carbons (Fsp3) is 0.143. The Balaban J connectivity index is 1.35. The van der Waals surface area contributed by atoms with E-state index in [0.29, 0.717) is 16.7 Å². The van der Waals surface area contributed by atoms with Crippen molar-refractivity contribution in [2.24, 2.45) is 28.4 Å². The highest BCUT2D eigenvalue weighted by Gasteiger charge is 2.09. The van der Waals surface area contributed by atoms with Crippen molar-refractivity contribution in [3.63, 3.8) is 0 Å². The van der Waals surface area contributed by atoms with Gasteiger partial charge in [0, 0.05) is 30.0 Å². The molecule has 0 radical (unpaired) electrons. The molecular formula is C28H26Cl2N6O. The Morgan fingerprint density at radius 3 is 2.41 bits per heavy atom. The molecule has 7 nitrogen and oxygen atoms in total. The van der Waals surface area contributed by atoms with Gasteiger partial charge in [-0.3, -0.25) is 0 Å². The van der Waals surface area contributed by atoms with Crippen molar-refractivity contribution in [3.05, 3.63) is 94.4 Å². The van der Waals surface area contributed by atoms with Crippen LogP contribution in [-0.4, -0.2) is 22.4 Å². The molecule has 0 aliphatic carbocycles. The quantitative estimate of drug-likeness (QED) is 0.0745. The van der Waals surface area contributed by atoms with Gasteiger partial charge in [-0.15, -0.1) is 5.10 Å². The second-order valence-corrected chi connectivity index (χ2v) is 9.04. The van der Waals surface area contributed by atoms with Crippen LogP contribution in [0.4, 0.5) is 0 Å². The van der Waals surface area contributed by atoms with Gasteiger partial charge in [-0.05, 0) is 71.2 Å². The van der Waals surface area contributed by atoms with Crippen LogP contribution in [0.2, 0.25) is 10.0 Å². The average molecular weight is 533 g/mol. The lowest BCUT2D eigenvalue weighted by Crippen LogP contribution is -1.97. The molecule has 0 aliphatic heterocycles. The zero-order chi connectivity index (χ0) is 26.0. The minimum atomic E-state index is 0.578. The number of nitrogens with zero attached hydrogens (tertiary/aromatic N) is 5. The fourth-order valence-electron chi connectivity index (χ4n) is 3.65. The number of unbranched alkanes of at least 4 members (excludes halogenated alkanes) is 1. The third-order valence-electron chi connectivity index (χ3n) is 5.57. The summed E-state index contributed by atoms with van der Waals surface area (Å²) in [7, 11) is 1.96. The smallest absolute Gasteiger partial charge is 0.133 e. The maximum atomic E-state index is 6.35. The summed E-state index contributed by atoms with van der Waals surface area (Å²) in [5.41, 5.74) is 4.98. The molecule has 1 aromatic heterocycles. The third-order valence-corrected chi connectivity index (χ3v) is 6.12. The second-order valence-electron chi connectivity index (χ2n) is 8.19. The van der Waals surface area contributed by atoms with E-state index in [9.17, 15) is 0 Å². The maximum Gasteiger partial charge on any atom is 0.133 e. The highest BCUT2D eigenvalue weighted by atomic mass is 35.5. The highest BCUT2D eigenvalue weighted by molar-refractivity contribution is 6.36. The molecule has 0 spiro atoms. The van der Waals surface area contributed by atoms with Gasteiger partial charge in [-0.1, -0.05) is 70.9 Å². The molecule has 0 bridgehead atoms. The predicted molar refractivity (Wildman–Crippen MR) is 152 cm³/mol. The summed E-state index contributed by atoms with van der Waals surface area (Å²) >= 11 is 12.4. The van der Waals surface area contributed by atoms with Gasteiger partial charge in [0.05, 0.1) is 17.3 Å². The lowest BCUT2D eigenvalue weighted by Gasteiger charge is -2.07. The number of aromatic nitrogens is 2. The number of nitrogens with two attached hydrogens (primary N) is 1. The molecule has 0 amide bonds. The first kappa shape index (κ1) is 26.1. The minimum Gasteiger partial charge on any atom is -0.494 e. The zero-order valence-electron chi connectivity index (χ0n) is 20.3. The number of benzene rings is 3. The minimum absolute atomic E-state index is 0.578. The first-order chi connectivity index (χ1) is 18.0. The van der Waals surface area contributed by atoms with Crippen LogP contribution < -0.4 is 10.6 Å². The monoisotopic (exact) mass is 532 g/mol. The number of aryl methyl sites for hydroxylation is 1. The van der Waals surface area contributed by atoms with Crippen LogP contribution in [0.5, 0.6) is 5.75 Å². The van der Waals surface area contributed by atoms with Crippen molar-refractivity contribution in [1.82, 2.24) is 9.55 Å². The molecule has 0 fully saturated rings. The molecule has 37 heavy (non-hydrogen) atoms. The lowest BCUT2D eigenvalue weighted by molar-refractivity contribution is 0.314. The molecule has 0 aliphatic rings. The first-order valence-electron chi connectivity index (χ1n) is 11.7. The van der Waals surface area contributed by atoms with Crippen molar-refractivity contribution < 1.29 is 4.74 Å². The SMILES string of the molecule is Cn1cc(-c2ccc(Cl)cc2Cl)nc1/C=C/c1ccc(-c2ccc(OCCC/C=N/N=N\N)cc2)cc1. The van der Waals surface area contributed by atoms with Crippen molar-refractivity contribution in [3.8, 4) is 28.1 Å². The Hall–Kier alpha value is -3.94. The second kappa shape index (κ2) is 12.9. The van der Waals surface area contributed by atoms with Crippen molar-refractivity contribution in [2.45, 2.75) is 12.8 Å². The zero-order valence-corrected chi connectivity index (χ0v) is 21.8. The van der Waals surface area contributed by atoms with Gasteiger partial charge in [0.2, 0.25) is 0 Å². The average Bonchev–Trinajstić information content (AvgIpc) is 3.27. The number of hydrogen-bond acceptors (Lipinski definition) is 4. The molecule has 3 aromatic carbocycles. The first-order valence-corrected chi connectivity index (χ1v) is 12.4. The lowest BCUT2D eigenvalue weighted by atomic mass is 10.0. The van der Waals surface area contributed by atoms with Crippen LogP contribution in [0.25, 0.3) is 34.5 Å². The standard InChI is InChI=1S/C28H26Cl2N6O/c1-36-19-27(25-14-11-23(29)18-26(25)30)33-28(36)15-6-20-4-7-21(8-5-20)22-9-12-24(13-10-22)37-17-3-2-16-32-35-34-31/h4-16,18-19H,2-3,17H2,1H3,(H2,31,35)/b15-6+,32-16+. The van der Waals surface area contributed by atoms with Crippen LogP contribution in [0.1, 0.15) is 24.2 Å². The van der Waals surface area contributed by atoms with E-state index in [1.54, 1.807) is 12.3 Å². The van der Waals surface area contributed by atoms with Gasteiger partial charge in [0.15, 0.2) is 0 Å². The molecule has 0 atom stereocenters. The van der Waals surface area contributed by atoms with E-state index in [1.165, 1.54) is 0 Å². The van der Waals surface area contributed by atoms with Crippen molar-refractivity contribution in [1.29, 1.82) is 0 Å². The Morgan fingerprint density at radius 1 is 0.973 bits per heavy atom. The molecular weight excluding hydrogens is 507 g/mol. The number of ether oxygens (including phenoxy) is 1. The Morgan fingerprint density at radius 2 is 1.70 bits per heavy atom. The highest BCUT2D eigenvalue weighted by Crippen LogP contribution is 2.30. The molecule has 4 rings (SSSR count). The topological polar surface area (TPSA) is 90.1 Å². The Labute approximate surface area is 225 Å². The number of halogens is 2. The summed E-state index contributed by atoms with van der Waals surface area (Å²) in [6, 6.07) is 21.9. The summed E-state index contributed by atoms with van der Waals surface area (Å²) < 4.78 is 7.75. The van der Waals surface area contributed by atoms with E-state index >= 15 is 0 Å². The van der Waals surface area contributed by atoms with E-state index < -0.39 is 0 Å². The molecule has 0 saturated carbocycles. The van der Waals surface area contributed by atoms with Gasteiger partial charge in [-0.2, -0.15) is 0 Å². The summed E-state index contributed by atoms with van der Waals surface area (Å²) in [4.78, 5) is 4.72. The van der Waals surface area contributed by atoms with Crippen LogP contribution in [0, 0.1) is 0 Å². The maximum absolute atomic E-state index is 6.35. The molecule has 9 heteroatoms. The number of imidazole rings is 1. The Bertz CT molecular complexity index is 1410. The van der Waals surface area contributed by atoms with Crippen LogP contribution >= 0.6 is 23.2 Å². The third kappa shape index (κ3) is 7.29. The van der Waals surface area contributed by atoms with E-state index in [0.717, 1.165) is 52.4 Å². The number of rotatable bonds is 10. The van der Waals surface area contributed by atoms with Gasteiger partial charge in [0.25, 0.3) is 0 Å². The van der Waals surface area contributed by atoms with Crippen LogP contribution in [-0.2, 0) is 7.05 Å². The molecule has 1 heterocycles. The fourth-order valence-corrected chi connectivity index (χ4v) is 4.16. The van der Waals surface area contributed by atoms with E-state index in [2.05, 4.69) is 51.9 Å². The van der Waals surface area contributed by atoms with Gasteiger partial charge in [-0.25, -0.2) is 4.98 Å². The van der Waals surface area contributed by atoms with Gasteiger partial charge < -0.3 is 15.1 Å². The molecule has 188 valence electrons. The number of hydrogen-bond donors (Lipinski definition) is 1. The predicted octanol–water partition coefficient (Wildman–Crippen LogP) is 7.70.